The van der Waals surface area contributed by atoms with E-state index in [-0.39, 0.29) is 5.56 Å². The smallest absolute Gasteiger partial charge is 0.339 e. The Morgan fingerprint density at radius 1 is 1.18 bits per heavy atom. The molecule has 0 aromatic heterocycles. The van der Waals surface area contributed by atoms with Crippen molar-refractivity contribution in [3.8, 4) is 0 Å². The molecule has 0 aliphatic rings. The van der Waals surface area contributed by atoms with Crippen molar-refractivity contribution >= 4 is 33.1 Å². The van der Waals surface area contributed by atoms with Crippen LogP contribution in [-0.4, -0.2) is 37.6 Å². The molecule has 2 aromatic rings. The highest BCUT2D eigenvalue weighted by Gasteiger charge is 2.26. The van der Waals surface area contributed by atoms with Gasteiger partial charge in [-0.1, -0.05) is 18.2 Å². The van der Waals surface area contributed by atoms with E-state index in [2.05, 4.69) is 5.32 Å². The number of hydrogen-bond donors (Lipinski definition) is 1. The summed E-state index contributed by atoms with van der Waals surface area (Å²) in [4.78, 5) is 34.2. The lowest BCUT2D eigenvalue weighted by Crippen LogP contribution is -2.30. The van der Waals surface area contributed by atoms with Crippen LogP contribution >= 0.6 is 0 Å². The number of amides is 1. The van der Waals surface area contributed by atoms with Crippen molar-refractivity contribution in [2.24, 2.45) is 0 Å². The van der Waals surface area contributed by atoms with Crippen molar-refractivity contribution in [2.45, 2.75) is 24.8 Å². The van der Waals surface area contributed by atoms with Crippen LogP contribution in [0.1, 0.15) is 22.8 Å². The molecule has 0 unspecified atom stereocenters. The van der Waals surface area contributed by atoms with Crippen LogP contribution < -0.4 is 5.32 Å². The van der Waals surface area contributed by atoms with E-state index in [4.69, 9.17) is 4.74 Å². The van der Waals surface area contributed by atoms with Gasteiger partial charge >= 0.3 is 5.97 Å². The van der Waals surface area contributed by atoms with Gasteiger partial charge in [-0.25, -0.2) is 13.2 Å². The zero-order chi connectivity index (χ0) is 21.1. The first-order chi connectivity index (χ1) is 13.0. The summed E-state index contributed by atoms with van der Waals surface area (Å²) in [6, 6.07) is 9.90. The lowest BCUT2D eigenvalue weighted by atomic mass is 10.2. The first kappa shape index (κ1) is 21.0. The van der Waals surface area contributed by atoms with E-state index >= 15 is 0 Å². The fourth-order valence-electron chi connectivity index (χ4n) is 2.33. The van der Waals surface area contributed by atoms with Crippen molar-refractivity contribution in [2.75, 3.05) is 11.6 Å². The first-order valence-electron chi connectivity index (χ1n) is 8.06. The third-order valence-corrected chi connectivity index (χ3v) is 4.99. The zero-order valence-corrected chi connectivity index (χ0v) is 16.1. The number of carbonyl (C=O) groups is 2. The van der Waals surface area contributed by atoms with Crippen LogP contribution in [0.3, 0.4) is 0 Å². The highest BCUT2D eigenvalue weighted by Crippen LogP contribution is 2.25. The summed E-state index contributed by atoms with van der Waals surface area (Å²) in [6.07, 6.45) is -0.355. The summed E-state index contributed by atoms with van der Waals surface area (Å²) in [5.74, 6) is -1.57. The van der Waals surface area contributed by atoms with Gasteiger partial charge in [0.15, 0.2) is 15.9 Å². The zero-order valence-electron chi connectivity index (χ0n) is 15.3. The molecular formula is C18H18N2O7S. The van der Waals surface area contributed by atoms with E-state index in [0.29, 0.717) is 5.69 Å². The first-order valence-corrected chi connectivity index (χ1v) is 9.96. The van der Waals surface area contributed by atoms with Crippen LogP contribution in [0.2, 0.25) is 0 Å². The average molecular weight is 406 g/mol. The normalized spacial score (nSPS) is 12.1. The quantitative estimate of drug-likeness (QED) is 0.443. The lowest BCUT2D eigenvalue weighted by molar-refractivity contribution is -0.387. The number of nitrogens with one attached hydrogen (secondary N) is 1. The number of nitro benzene ring substituents is 1. The Labute approximate surface area is 161 Å². The van der Waals surface area contributed by atoms with Gasteiger partial charge in [-0.2, -0.15) is 0 Å². The van der Waals surface area contributed by atoms with Gasteiger partial charge in [0.05, 0.1) is 10.5 Å². The van der Waals surface area contributed by atoms with Crippen LogP contribution in [0.15, 0.2) is 47.4 Å². The summed E-state index contributed by atoms with van der Waals surface area (Å²) in [6.45, 7) is 3.15. The van der Waals surface area contributed by atoms with Crippen molar-refractivity contribution in [1.29, 1.82) is 0 Å². The molecule has 0 saturated carbocycles. The van der Waals surface area contributed by atoms with Gasteiger partial charge in [0.25, 0.3) is 11.6 Å². The fourth-order valence-corrected chi connectivity index (χ4v) is 3.16. The molecule has 148 valence electrons. The van der Waals surface area contributed by atoms with E-state index in [1.54, 1.807) is 25.1 Å². The van der Waals surface area contributed by atoms with Crippen LogP contribution in [-0.2, 0) is 19.4 Å². The highest BCUT2D eigenvalue weighted by molar-refractivity contribution is 7.90. The van der Waals surface area contributed by atoms with E-state index in [9.17, 15) is 28.1 Å². The van der Waals surface area contributed by atoms with Crippen molar-refractivity contribution < 1.29 is 27.7 Å². The molecule has 0 saturated heterocycles. The molecule has 10 heteroatoms. The number of esters is 1. The molecule has 0 aliphatic heterocycles. The Bertz CT molecular complexity index is 1050. The maximum atomic E-state index is 12.2. The largest absolute Gasteiger partial charge is 0.449 e. The van der Waals surface area contributed by atoms with Crippen LogP contribution in [0.25, 0.3) is 0 Å². The molecule has 1 atom stereocenters. The number of ether oxygens (including phenoxy) is 1. The predicted molar refractivity (Wildman–Crippen MR) is 101 cm³/mol. The van der Waals surface area contributed by atoms with E-state index in [0.717, 1.165) is 30.0 Å². The molecule has 2 rings (SSSR count). The summed E-state index contributed by atoms with van der Waals surface area (Å²) in [5.41, 5.74) is 0.397. The standard InChI is InChI=1S/C18H18N2O7S/c1-11-6-4-5-7-14(11)19-17(21)12(2)27-18(22)13-8-9-16(28(3,25)26)15(10-13)20(23)24/h4-10,12H,1-3H3,(H,19,21)/t12-/m1/s1. The highest BCUT2D eigenvalue weighted by atomic mass is 32.2. The number of benzene rings is 2. The topological polar surface area (TPSA) is 133 Å². The molecule has 1 N–H and O–H groups in total. The van der Waals surface area contributed by atoms with Crippen molar-refractivity contribution in [1.82, 2.24) is 0 Å². The van der Waals surface area contributed by atoms with E-state index < -0.39 is 43.3 Å². The van der Waals surface area contributed by atoms with Gasteiger partial charge < -0.3 is 10.1 Å². The van der Waals surface area contributed by atoms with Crippen LogP contribution in [0.4, 0.5) is 11.4 Å². The Balaban J connectivity index is 2.18. The number of rotatable bonds is 6. The number of sulfone groups is 1. The number of nitro groups is 1. The van der Waals surface area contributed by atoms with Crippen molar-refractivity contribution in [3.63, 3.8) is 0 Å². The molecule has 0 aliphatic carbocycles. The third kappa shape index (κ3) is 4.92. The molecule has 0 bridgehead atoms. The Morgan fingerprint density at radius 3 is 2.39 bits per heavy atom. The van der Waals surface area contributed by atoms with Gasteiger partial charge in [-0.3, -0.25) is 14.9 Å². The molecule has 0 radical (unpaired) electrons. The Hall–Kier alpha value is -3.27. The average Bonchev–Trinajstić information content (AvgIpc) is 2.62. The Kier molecular flexibility index (Phi) is 6.14. The van der Waals surface area contributed by atoms with Crippen molar-refractivity contribution in [3.05, 3.63) is 63.7 Å². The van der Waals surface area contributed by atoms with Gasteiger partial charge in [-0.05, 0) is 37.6 Å². The lowest BCUT2D eigenvalue weighted by Gasteiger charge is -2.14. The fraction of sp³-hybridized carbons (Fsp3) is 0.222. The molecule has 9 nitrogen and oxygen atoms in total. The second kappa shape index (κ2) is 8.17. The van der Waals surface area contributed by atoms with E-state index in [1.807, 2.05) is 6.07 Å². The van der Waals surface area contributed by atoms with E-state index in [1.165, 1.54) is 6.92 Å². The minimum atomic E-state index is -3.85. The second-order valence-electron chi connectivity index (χ2n) is 6.06. The molecule has 28 heavy (non-hydrogen) atoms. The maximum absolute atomic E-state index is 12.2. The molecular weight excluding hydrogens is 388 g/mol. The third-order valence-electron chi connectivity index (χ3n) is 3.85. The number of nitrogens with zero attached hydrogens (tertiary/aromatic N) is 1. The summed E-state index contributed by atoms with van der Waals surface area (Å²) in [5, 5.41) is 13.8. The second-order valence-corrected chi connectivity index (χ2v) is 8.05. The van der Waals surface area contributed by atoms with Gasteiger partial charge in [0, 0.05) is 18.0 Å². The SMILES string of the molecule is Cc1ccccc1NC(=O)[C@@H](C)OC(=O)c1ccc(S(C)(=O)=O)c([N+](=O)[O-])c1. The predicted octanol–water partition coefficient (Wildman–Crippen LogP) is 2.49. The molecule has 2 aromatic carbocycles. The summed E-state index contributed by atoms with van der Waals surface area (Å²) < 4.78 is 28.3. The maximum Gasteiger partial charge on any atom is 0.339 e. The number of para-hydroxylation sites is 1. The molecule has 1 amide bonds. The molecule has 0 heterocycles. The molecule has 0 fully saturated rings. The number of anilines is 1. The van der Waals surface area contributed by atoms with Gasteiger partial charge in [0.2, 0.25) is 0 Å². The number of aryl methyl sites for hydroxylation is 1. The summed E-state index contributed by atoms with van der Waals surface area (Å²) in [7, 11) is -3.85. The van der Waals surface area contributed by atoms with Gasteiger partial charge in [-0.15, -0.1) is 0 Å². The molecule has 0 spiro atoms. The monoisotopic (exact) mass is 406 g/mol. The summed E-state index contributed by atoms with van der Waals surface area (Å²) >= 11 is 0. The Morgan fingerprint density at radius 2 is 1.82 bits per heavy atom. The van der Waals surface area contributed by atoms with Crippen LogP contribution in [0.5, 0.6) is 0 Å². The van der Waals surface area contributed by atoms with Gasteiger partial charge in [0.1, 0.15) is 4.90 Å². The minimum absolute atomic E-state index is 0.241. The number of carbonyl (C=O) groups excluding carboxylic acids is 2. The number of hydrogen-bond acceptors (Lipinski definition) is 7. The van der Waals surface area contributed by atoms with Crippen LogP contribution in [0, 0.1) is 17.0 Å². The minimum Gasteiger partial charge on any atom is -0.449 e.